The van der Waals surface area contributed by atoms with Crippen LogP contribution in [-0.4, -0.2) is 46.5 Å². The van der Waals surface area contributed by atoms with E-state index in [9.17, 15) is 4.79 Å². The highest BCUT2D eigenvalue weighted by molar-refractivity contribution is 8.16. The molecule has 0 aliphatic carbocycles. The van der Waals surface area contributed by atoms with E-state index in [4.69, 9.17) is 21.2 Å². The monoisotopic (exact) mass is 393 g/mol. The van der Waals surface area contributed by atoms with E-state index in [1.54, 1.807) is 25.1 Å². The molecule has 6 nitrogen and oxygen atoms in total. The van der Waals surface area contributed by atoms with E-state index in [2.05, 4.69) is 5.16 Å². The van der Waals surface area contributed by atoms with E-state index >= 15 is 0 Å². The van der Waals surface area contributed by atoms with Crippen LogP contribution in [0, 0.1) is 0 Å². The molecule has 0 radical (unpaired) electrons. The van der Waals surface area contributed by atoms with Gasteiger partial charge in [0.1, 0.15) is 10.8 Å². The zero-order valence-electron chi connectivity index (χ0n) is 13.6. The number of thioether (sulfide) groups is 1. The Hall–Kier alpha value is -0.730. The van der Waals surface area contributed by atoms with Crippen LogP contribution >= 0.6 is 30.3 Å². The molecule has 128 valence electrons. The van der Waals surface area contributed by atoms with Crippen molar-refractivity contribution in [1.29, 1.82) is 0 Å². The number of carbonyl (C=O) groups is 1. The second kappa shape index (κ2) is 9.54. The van der Waals surface area contributed by atoms with E-state index < -0.39 is 12.5 Å². The molecule has 0 heterocycles. The van der Waals surface area contributed by atoms with Crippen LogP contribution in [0.15, 0.2) is 35.5 Å². The van der Waals surface area contributed by atoms with Crippen molar-refractivity contribution in [3.63, 3.8) is 0 Å². The molecule has 1 aromatic carbocycles. The van der Waals surface area contributed by atoms with Crippen molar-refractivity contribution in [3.8, 4) is 5.75 Å². The van der Waals surface area contributed by atoms with Gasteiger partial charge >= 0.3 is 6.09 Å². The Kier molecular flexibility index (Phi) is 8.42. The van der Waals surface area contributed by atoms with Gasteiger partial charge in [-0.2, -0.15) is 4.08 Å². The Balaban J connectivity index is 2.61. The molecule has 0 fully saturated rings. The lowest BCUT2D eigenvalue weighted by atomic mass is 10.3. The highest BCUT2D eigenvalue weighted by Crippen LogP contribution is 2.50. The summed E-state index contributed by atoms with van der Waals surface area (Å²) < 4.78 is 8.95. The van der Waals surface area contributed by atoms with E-state index in [0.29, 0.717) is 10.8 Å². The topological polar surface area (TPSA) is 54.4 Å². The highest BCUT2D eigenvalue weighted by Gasteiger charge is 2.24. The van der Waals surface area contributed by atoms with E-state index in [0.717, 1.165) is 12.1 Å². The first kappa shape index (κ1) is 20.3. The van der Waals surface area contributed by atoms with Gasteiger partial charge in [0.2, 0.25) is 0 Å². The number of amides is 1. The zero-order valence-corrected chi connectivity index (χ0v) is 17.0. The minimum absolute atomic E-state index is 0.579. The summed E-state index contributed by atoms with van der Waals surface area (Å²) in [5.41, 5.74) is 0. The van der Waals surface area contributed by atoms with Gasteiger partial charge in [0, 0.05) is 20.8 Å². The first-order chi connectivity index (χ1) is 10.8. The van der Waals surface area contributed by atoms with Gasteiger partial charge in [0.25, 0.3) is 0 Å². The van der Waals surface area contributed by atoms with Gasteiger partial charge in [-0.15, -0.1) is 11.8 Å². The summed E-state index contributed by atoms with van der Waals surface area (Å²) in [7, 11) is 3.37. The summed E-state index contributed by atoms with van der Waals surface area (Å²) in [6.07, 6.45) is -1.03. The molecule has 1 atom stereocenters. The molecular weight excluding hydrogens is 373 g/mol. The predicted molar refractivity (Wildman–Crippen MR) is 104 cm³/mol. The summed E-state index contributed by atoms with van der Waals surface area (Å²) in [6.45, 7) is 3.61. The van der Waals surface area contributed by atoms with Crippen LogP contribution in [0.1, 0.15) is 6.92 Å². The predicted octanol–water partition coefficient (Wildman–Crippen LogP) is 4.26. The van der Waals surface area contributed by atoms with Crippen molar-refractivity contribution in [3.05, 3.63) is 30.3 Å². The van der Waals surface area contributed by atoms with E-state index in [-0.39, 0.29) is 0 Å². The number of nitrogens with zero attached hydrogens (tertiary/aromatic N) is 3. The quantitative estimate of drug-likeness (QED) is 0.179. The maximum Gasteiger partial charge on any atom is 0.446 e. The molecule has 1 rings (SSSR count). The molecule has 0 spiro atoms. The van der Waals surface area contributed by atoms with Gasteiger partial charge < -0.3 is 4.52 Å². The van der Waals surface area contributed by atoms with Crippen molar-refractivity contribution >= 4 is 53.3 Å². The van der Waals surface area contributed by atoms with Crippen molar-refractivity contribution in [1.82, 2.24) is 8.38 Å². The molecule has 0 aliphatic heterocycles. The fraction of sp³-hybridized carbons (Fsp3) is 0.385. The second-order valence-electron chi connectivity index (χ2n) is 4.42. The Morgan fingerprint density at radius 2 is 1.91 bits per heavy atom. The van der Waals surface area contributed by atoms with Gasteiger partial charge in [0.15, 0.2) is 6.42 Å². The summed E-state index contributed by atoms with van der Waals surface area (Å²) in [4.78, 5) is 16.7. The van der Waals surface area contributed by atoms with Crippen molar-refractivity contribution in [2.45, 2.75) is 6.92 Å². The minimum atomic E-state index is -2.30. The number of para-hydroxylation sites is 1. The Labute approximate surface area is 151 Å². The van der Waals surface area contributed by atoms with Crippen molar-refractivity contribution in [2.24, 2.45) is 5.16 Å². The fourth-order valence-electron chi connectivity index (χ4n) is 1.21. The Morgan fingerprint density at radius 1 is 1.30 bits per heavy atom. The molecule has 0 saturated heterocycles. The molecular formula is C13H20N3O3PS3. The number of carbonyl (C=O) groups excluding carboxylic acids is 1. The molecule has 0 aromatic heterocycles. The molecule has 0 bridgehead atoms. The lowest BCUT2D eigenvalue weighted by Crippen LogP contribution is -2.24. The minimum Gasteiger partial charge on any atom is -0.453 e. The summed E-state index contributed by atoms with van der Waals surface area (Å²) in [6, 6.07) is 9.37. The molecule has 23 heavy (non-hydrogen) atoms. The largest absolute Gasteiger partial charge is 0.453 e. The van der Waals surface area contributed by atoms with Crippen molar-refractivity contribution < 1.29 is 14.2 Å². The molecule has 0 aliphatic rings. The molecule has 0 N–H and O–H groups in total. The number of benzene rings is 1. The van der Waals surface area contributed by atoms with Crippen LogP contribution in [0.2, 0.25) is 0 Å². The van der Waals surface area contributed by atoms with Crippen LogP contribution in [0.3, 0.4) is 0 Å². The lowest BCUT2D eigenvalue weighted by molar-refractivity contribution is 0.137. The normalized spacial score (nSPS) is 14.3. The number of hydrogen-bond donors (Lipinski definition) is 0. The first-order valence-corrected chi connectivity index (χ1v) is 11.6. The zero-order chi connectivity index (χ0) is 17.5. The third-order valence-electron chi connectivity index (χ3n) is 2.58. The van der Waals surface area contributed by atoms with Gasteiger partial charge in [0.05, 0.1) is 12.1 Å². The van der Waals surface area contributed by atoms with Gasteiger partial charge in [-0.05, 0) is 37.1 Å². The third-order valence-corrected chi connectivity index (χ3v) is 7.87. The van der Waals surface area contributed by atoms with E-state index in [1.807, 2.05) is 43.3 Å². The Bertz CT molecular complexity index is 601. The second-order valence-corrected chi connectivity index (χ2v) is 11.4. The molecule has 10 heteroatoms. The summed E-state index contributed by atoms with van der Waals surface area (Å²) in [5, 5.41) is 4.37. The van der Waals surface area contributed by atoms with Gasteiger partial charge in [-0.3, -0.25) is 4.84 Å². The lowest BCUT2D eigenvalue weighted by Gasteiger charge is -2.29. The highest BCUT2D eigenvalue weighted by atomic mass is 32.5. The van der Waals surface area contributed by atoms with Crippen LogP contribution in [0.4, 0.5) is 4.79 Å². The Morgan fingerprint density at radius 3 is 2.48 bits per heavy atom. The van der Waals surface area contributed by atoms with Crippen molar-refractivity contribution in [2.75, 3.05) is 27.0 Å². The SMILES string of the molecule is CSC(C)=NOC(=O)N(C)SN(C)P(C)(=S)Oc1ccccc1. The molecule has 0 saturated carbocycles. The smallest absolute Gasteiger partial charge is 0.446 e. The molecule has 1 unspecified atom stereocenters. The fourth-order valence-corrected chi connectivity index (χ4v) is 3.89. The third kappa shape index (κ3) is 7.14. The van der Waals surface area contributed by atoms with Crippen LogP contribution in [0.5, 0.6) is 5.75 Å². The average molecular weight is 393 g/mol. The molecule has 1 aromatic rings. The maximum absolute atomic E-state index is 11.9. The number of hydrogen-bond acceptors (Lipinski definition) is 7. The van der Waals surface area contributed by atoms with Crippen LogP contribution in [-0.2, 0) is 16.6 Å². The summed E-state index contributed by atoms with van der Waals surface area (Å²) >= 11 is 8.10. The average Bonchev–Trinajstić information content (AvgIpc) is 2.52. The first-order valence-electron chi connectivity index (χ1n) is 6.54. The van der Waals surface area contributed by atoms with Gasteiger partial charge in [-0.1, -0.05) is 23.4 Å². The summed E-state index contributed by atoms with van der Waals surface area (Å²) in [5.74, 6) is 0.705. The number of rotatable bonds is 6. The van der Waals surface area contributed by atoms with Gasteiger partial charge in [-0.25, -0.2) is 9.10 Å². The van der Waals surface area contributed by atoms with Crippen LogP contribution in [0.25, 0.3) is 0 Å². The maximum atomic E-state index is 11.9. The standard InChI is InChI=1S/C13H20N3O3PS3/c1-11(22-5)14-18-13(17)15(2)23-16(3)20(4,21)19-12-9-7-6-8-10-12/h6-10H,1-5H3. The van der Waals surface area contributed by atoms with E-state index in [1.165, 1.54) is 16.1 Å². The molecule has 1 amide bonds. The van der Waals surface area contributed by atoms with Crippen LogP contribution < -0.4 is 4.52 Å². The number of oxime groups is 1.